The molecule has 0 aliphatic heterocycles. The van der Waals surface area contributed by atoms with Crippen LogP contribution in [0, 0.1) is 23.2 Å². The highest BCUT2D eigenvalue weighted by molar-refractivity contribution is 5.84. The molecule has 21 heavy (non-hydrogen) atoms. The van der Waals surface area contributed by atoms with Gasteiger partial charge in [-0.05, 0) is 74.7 Å². The Morgan fingerprint density at radius 3 is 2.24 bits per heavy atom. The Hall–Kier alpha value is -1.10. The second-order valence-electron chi connectivity index (χ2n) is 7.52. The summed E-state index contributed by atoms with van der Waals surface area (Å²) in [5.41, 5.74) is 5.75. The van der Waals surface area contributed by atoms with E-state index in [0.29, 0.717) is 31.3 Å². The van der Waals surface area contributed by atoms with Gasteiger partial charge in [0.05, 0.1) is 0 Å². The zero-order valence-electron chi connectivity index (χ0n) is 12.7. The molecule has 0 saturated heterocycles. The average Bonchev–Trinajstić information content (AvgIpc) is 2.44. The van der Waals surface area contributed by atoms with Gasteiger partial charge in [0.2, 0.25) is 6.41 Å². The molecule has 0 unspecified atom stereocenters. The third kappa shape index (κ3) is 3.07. The summed E-state index contributed by atoms with van der Waals surface area (Å²) in [7, 11) is 0. The van der Waals surface area contributed by atoms with Crippen molar-refractivity contribution in [2.75, 3.05) is 19.6 Å². The summed E-state index contributed by atoms with van der Waals surface area (Å²) in [6.07, 6.45) is 9.29. The minimum Gasteiger partial charge on any atom is -0.337 e. The quantitative estimate of drug-likeness (QED) is 0.732. The van der Waals surface area contributed by atoms with E-state index in [-0.39, 0.29) is 6.03 Å². The van der Waals surface area contributed by atoms with Gasteiger partial charge in [0.1, 0.15) is 0 Å². The molecule has 5 heteroatoms. The van der Waals surface area contributed by atoms with E-state index in [9.17, 15) is 9.59 Å². The number of imide groups is 1. The van der Waals surface area contributed by atoms with Crippen molar-refractivity contribution in [2.24, 2.45) is 28.9 Å². The molecule has 4 rings (SSSR count). The molecule has 0 heterocycles. The zero-order valence-corrected chi connectivity index (χ0v) is 12.7. The lowest BCUT2D eigenvalue weighted by molar-refractivity contribution is -0.115. The van der Waals surface area contributed by atoms with Crippen LogP contribution in [0.3, 0.4) is 0 Å². The molecular weight excluding hydrogens is 266 g/mol. The number of hydrogen-bond donors (Lipinski definition) is 2. The number of carbonyl (C=O) groups is 2. The molecule has 4 bridgehead atoms. The second-order valence-corrected chi connectivity index (χ2v) is 7.52. The molecule has 3 N–H and O–H groups in total. The molecular formula is C16H27N3O2. The average molecular weight is 293 g/mol. The van der Waals surface area contributed by atoms with Gasteiger partial charge >= 0.3 is 6.03 Å². The minimum absolute atomic E-state index is 0.255. The van der Waals surface area contributed by atoms with Gasteiger partial charge in [-0.2, -0.15) is 0 Å². The maximum absolute atomic E-state index is 12.1. The first-order valence-electron chi connectivity index (χ1n) is 8.34. The number of nitrogens with zero attached hydrogens (tertiary/aromatic N) is 1. The number of rotatable bonds is 6. The summed E-state index contributed by atoms with van der Waals surface area (Å²) >= 11 is 0. The van der Waals surface area contributed by atoms with Crippen LogP contribution in [0.2, 0.25) is 0 Å². The third-order valence-electron chi connectivity index (χ3n) is 5.77. The fourth-order valence-electron chi connectivity index (χ4n) is 5.33. The molecule has 0 spiro atoms. The normalized spacial score (nSPS) is 36.5. The highest BCUT2D eigenvalue weighted by Crippen LogP contribution is 2.59. The monoisotopic (exact) mass is 293 g/mol. The first-order valence-corrected chi connectivity index (χ1v) is 8.34. The van der Waals surface area contributed by atoms with Gasteiger partial charge in [-0.1, -0.05) is 0 Å². The largest absolute Gasteiger partial charge is 0.337 e. The maximum Gasteiger partial charge on any atom is 0.323 e. The van der Waals surface area contributed by atoms with E-state index in [1.807, 2.05) is 0 Å². The lowest BCUT2D eigenvalue weighted by atomic mass is 9.49. The fourth-order valence-corrected chi connectivity index (χ4v) is 5.33. The number of amides is 3. The van der Waals surface area contributed by atoms with Crippen molar-refractivity contribution in [3.8, 4) is 0 Å². The predicted octanol–water partition coefficient (Wildman–Crippen LogP) is 1.72. The summed E-state index contributed by atoms with van der Waals surface area (Å²) in [6.45, 7) is 1.64. The summed E-state index contributed by atoms with van der Waals surface area (Å²) in [6, 6.07) is -0.255. The van der Waals surface area contributed by atoms with Crippen molar-refractivity contribution in [3.63, 3.8) is 0 Å². The predicted molar refractivity (Wildman–Crippen MR) is 80.4 cm³/mol. The van der Waals surface area contributed by atoms with E-state index in [1.165, 1.54) is 43.4 Å². The molecule has 5 nitrogen and oxygen atoms in total. The number of hydrogen-bond acceptors (Lipinski definition) is 3. The molecule has 0 atom stereocenters. The minimum atomic E-state index is -0.255. The van der Waals surface area contributed by atoms with Gasteiger partial charge < -0.3 is 11.1 Å². The Balaban J connectivity index is 1.54. The Morgan fingerprint density at radius 2 is 1.76 bits per heavy atom. The van der Waals surface area contributed by atoms with Gasteiger partial charge in [-0.3, -0.25) is 9.69 Å². The molecule has 4 aliphatic carbocycles. The molecule has 0 aromatic heterocycles. The van der Waals surface area contributed by atoms with Crippen LogP contribution >= 0.6 is 0 Å². The maximum atomic E-state index is 12.1. The zero-order chi connectivity index (χ0) is 14.9. The van der Waals surface area contributed by atoms with E-state index < -0.39 is 0 Å². The Bertz CT molecular complexity index is 375. The van der Waals surface area contributed by atoms with Crippen molar-refractivity contribution in [2.45, 2.75) is 44.9 Å². The van der Waals surface area contributed by atoms with Crippen LogP contribution in [0.5, 0.6) is 0 Å². The number of nitrogens with two attached hydrogens (primary N) is 1. The van der Waals surface area contributed by atoms with Crippen LogP contribution in [0.25, 0.3) is 0 Å². The summed E-state index contributed by atoms with van der Waals surface area (Å²) in [5, 5.41) is 3.01. The van der Waals surface area contributed by atoms with Gasteiger partial charge in [0.15, 0.2) is 0 Å². The van der Waals surface area contributed by atoms with Crippen LogP contribution in [-0.2, 0) is 4.79 Å². The SMILES string of the molecule is NCCCN(C=O)C(=O)NCC12CC3CC(CC(C3)C1)C2. The van der Waals surface area contributed by atoms with Crippen molar-refractivity contribution in [3.05, 3.63) is 0 Å². The van der Waals surface area contributed by atoms with Gasteiger partial charge in [-0.15, -0.1) is 0 Å². The highest BCUT2D eigenvalue weighted by Gasteiger charge is 2.50. The highest BCUT2D eigenvalue weighted by atomic mass is 16.2. The van der Waals surface area contributed by atoms with E-state index in [4.69, 9.17) is 5.73 Å². The smallest absolute Gasteiger partial charge is 0.323 e. The summed E-state index contributed by atoms with van der Waals surface area (Å²) in [5.74, 6) is 2.65. The van der Waals surface area contributed by atoms with Crippen LogP contribution in [-0.4, -0.2) is 37.0 Å². The molecule has 0 aromatic carbocycles. The van der Waals surface area contributed by atoms with E-state index in [0.717, 1.165) is 24.3 Å². The van der Waals surface area contributed by atoms with Crippen LogP contribution < -0.4 is 11.1 Å². The van der Waals surface area contributed by atoms with Crippen molar-refractivity contribution in [1.29, 1.82) is 0 Å². The lowest BCUT2D eigenvalue weighted by Gasteiger charge is -2.56. The van der Waals surface area contributed by atoms with E-state index in [1.54, 1.807) is 0 Å². The Labute approximate surface area is 126 Å². The summed E-state index contributed by atoms with van der Waals surface area (Å²) in [4.78, 5) is 24.3. The Kier molecular flexibility index (Phi) is 4.20. The third-order valence-corrected chi connectivity index (χ3v) is 5.77. The standard InChI is InChI=1S/C16H27N3O2/c17-2-1-3-19(11-20)15(21)18-10-16-7-12-4-13(8-16)6-14(5-12)9-16/h11-14H,1-10,17H2,(H,18,21). The van der Waals surface area contributed by atoms with E-state index >= 15 is 0 Å². The molecule has 118 valence electrons. The first-order chi connectivity index (χ1) is 10.1. The molecule has 4 fully saturated rings. The van der Waals surface area contributed by atoms with Crippen LogP contribution in [0.15, 0.2) is 0 Å². The van der Waals surface area contributed by atoms with Gasteiger partial charge in [0.25, 0.3) is 0 Å². The molecule has 4 aliphatic rings. The molecule has 0 aromatic rings. The molecule has 3 amide bonds. The lowest BCUT2D eigenvalue weighted by Crippen LogP contribution is -2.52. The number of carbonyl (C=O) groups excluding carboxylic acids is 2. The van der Waals surface area contributed by atoms with Crippen LogP contribution in [0.4, 0.5) is 4.79 Å². The number of urea groups is 1. The topological polar surface area (TPSA) is 75.4 Å². The van der Waals surface area contributed by atoms with Gasteiger partial charge in [-0.25, -0.2) is 4.79 Å². The molecule has 0 radical (unpaired) electrons. The number of nitrogens with one attached hydrogen (secondary N) is 1. The van der Waals surface area contributed by atoms with Crippen molar-refractivity contribution in [1.82, 2.24) is 10.2 Å². The van der Waals surface area contributed by atoms with Crippen molar-refractivity contribution < 1.29 is 9.59 Å². The van der Waals surface area contributed by atoms with Crippen LogP contribution in [0.1, 0.15) is 44.9 Å². The fraction of sp³-hybridized carbons (Fsp3) is 0.875. The van der Waals surface area contributed by atoms with Crippen molar-refractivity contribution >= 4 is 12.4 Å². The Morgan fingerprint density at radius 1 is 1.19 bits per heavy atom. The first kappa shape index (κ1) is 14.8. The van der Waals surface area contributed by atoms with E-state index in [2.05, 4.69) is 5.32 Å². The molecule has 4 saturated carbocycles. The van der Waals surface area contributed by atoms with Gasteiger partial charge in [0, 0.05) is 13.1 Å². The summed E-state index contributed by atoms with van der Waals surface area (Å²) < 4.78 is 0. The second kappa shape index (κ2) is 5.95.